The Balaban J connectivity index is 1.71. The smallest absolute Gasteiger partial charge is 0.422 e. The largest absolute Gasteiger partial charge is 0.493 e. The Labute approximate surface area is 156 Å². The fourth-order valence-electron chi connectivity index (χ4n) is 2.27. The molecule has 0 aliphatic carbocycles. The van der Waals surface area contributed by atoms with E-state index in [0.717, 1.165) is 22.4 Å². The molecule has 7 heteroatoms. The van der Waals surface area contributed by atoms with E-state index in [9.17, 15) is 18.0 Å². The third kappa shape index (κ3) is 7.60. The van der Waals surface area contributed by atoms with Crippen LogP contribution >= 0.6 is 0 Å². The van der Waals surface area contributed by atoms with Crippen molar-refractivity contribution in [3.05, 3.63) is 59.2 Å². The number of nitrogens with one attached hydrogen (secondary N) is 1. The Morgan fingerprint density at radius 3 is 2.41 bits per heavy atom. The van der Waals surface area contributed by atoms with Crippen molar-refractivity contribution in [2.75, 3.05) is 13.2 Å². The molecule has 0 aliphatic rings. The maximum atomic E-state index is 12.1. The van der Waals surface area contributed by atoms with Crippen LogP contribution in [0.2, 0.25) is 0 Å². The van der Waals surface area contributed by atoms with Gasteiger partial charge in [0.1, 0.15) is 11.5 Å². The average molecular weight is 381 g/mol. The lowest BCUT2D eigenvalue weighted by molar-refractivity contribution is -0.153. The van der Waals surface area contributed by atoms with E-state index in [4.69, 9.17) is 4.74 Å². The molecule has 0 fully saturated rings. The van der Waals surface area contributed by atoms with E-state index in [0.29, 0.717) is 0 Å². The molecule has 0 heterocycles. The first-order chi connectivity index (χ1) is 12.7. The molecule has 2 aromatic carbocycles. The van der Waals surface area contributed by atoms with Gasteiger partial charge in [0.15, 0.2) is 6.61 Å². The van der Waals surface area contributed by atoms with Crippen molar-refractivity contribution < 1.29 is 27.4 Å². The highest BCUT2D eigenvalue weighted by atomic mass is 19.4. The molecule has 0 spiro atoms. The number of rotatable bonds is 8. The van der Waals surface area contributed by atoms with Gasteiger partial charge in [-0.15, -0.1) is 0 Å². The molecule has 0 saturated heterocycles. The summed E-state index contributed by atoms with van der Waals surface area (Å²) in [7, 11) is 0. The van der Waals surface area contributed by atoms with Crippen LogP contribution in [0.3, 0.4) is 0 Å². The van der Waals surface area contributed by atoms with Crippen molar-refractivity contribution in [1.82, 2.24) is 5.32 Å². The molecule has 0 bridgehead atoms. The minimum absolute atomic E-state index is 0.129. The fourth-order valence-corrected chi connectivity index (χ4v) is 2.27. The van der Waals surface area contributed by atoms with E-state index in [1.54, 1.807) is 12.1 Å². The van der Waals surface area contributed by atoms with Crippen LogP contribution in [0.15, 0.2) is 42.5 Å². The van der Waals surface area contributed by atoms with Gasteiger partial charge in [0, 0.05) is 6.54 Å². The van der Waals surface area contributed by atoms with Gasteiger partial charge in [0.05, 0.1) is 13.0 Å². The summed E-state index contributed by atoms with van der Waals surface area (Å²) in [5.41, 5.74) is 2.86. The van der Waals surface area contributed by atoms with Crippen molar-refractivity contribution in [2.45, 2.75) is 33.0 Å². The van der Waals surface area contributed by atoms with E-state index < -0.39 is 12.8 Å². The predicted octanol–water partition coefficient (Wildman–Crippen LogP) is 4.33. The van der Waals surface area contributed by atoms with Gasteiger partial charge in [-0.3, -0.25) is 4.79 Å². The fraction of sp³-hybridized carbons (Fsp3) is 0.350. The van der Waals surface area contributed by atoms with Crippen LogP contribution in [0.5, 0.6) is 11.5 Å². The van der Waals surface area contributed by atoms with E-state index in [1.807, 2.05) is 32.0 Å². The maximum Gasteiger partial charge on any atom is 0.422 e. The number of halogens is 3. The van der Waals surface area contributed by atoms with Crippen LogP contribution in [-0.2, 0) is 11.3 Å². The number of carbonyl (C=O) groups is 1. The standard InChI is InChI=1S/C20H22F3NO3/c1-14-3-4-15(2)18(11-14)26-10-9-19(25)24-12-16-5-7-17(8-6-16)27-13-20(21,22)23/h3-8,11H,9-10,12-13H2,1-2H3,(H,24,25). The first-order valence-corrected chi connectivity index (χ1v) is 8.48. The number of aryl methyl sites for hydroxylation is 2. The molecule has 0 radical (unpaired) electrons. The zero-order chi connectivity index (χ0) is 19.9. The summed E-state index contributed by atoms with van der Waals surface area (Å²) in [4.78, 5) is 11.9. The second kappa shape index (κ2) is 9.30. The lowest BCUT2D eigenvalue weighted by Crippen LogP contribution is -2.24. The van der Waals surface area contributed by atoms with Crippen molar-refractivity contribution >= 4 is 5.91 Å². The van der Waals surface area contributed by atoms with Crippen LogP contribution in [-0.4, -0.2) is 25.3 Å². The maximum absolute atomic E-state index is 12.1. The SMILES string of the molecule is Cc1ccc(C)c(OCCC(=O)NCc2ccc(OCC(F)(F)F)cc2)c1. The van der Waals surface area contributed by atoms with Gasteiger partial charge in [0.2, 0.25) is 5.91 Å². The van der Waals surface area contributed by atoms with Gasteiger partial charge in [-0.05, 0) is 48.7 Å². The van der Waals surface area contributed by atoms with Crippen LogP contribution in [0.1, 0.15) is 23.1 Å². The van der Waals surface area contributed by atoms with E-state index >= 15 is 0 Å². The molecular formula is C20H22F3NO3. The molecule has 0 atom stereocenters. The molecule has 0 unspecified atom stereocenters. The highest BCUT2D eigenvalue weighted by Gasteiger charge is 2.28. The Morgan fingerprint density at radius 2 is 1.74 bits per heavy atom. The van der Waals surface area contributed by atoms with Gasteiger partial charge in [-0.1, -0.05) is 24.3 Å². The normalized spacial score (nSPS) is 11.1. The molecule has 146 valence electrons. The number of alkyl halides is 3. The van der Waals surface area contributed by atoms with Gasteiger partial charge in [-0.25, -0.2) is 0 Å². The van der Waals surface area contributed by atoms with Gasteiger partial charge >= 0.3 is 6.18 Å². The number of amides is 1. The van der Waals surface area contributed by atoms with Crippen LogP contribution < -0.4 is 14.8 Å². The summed E-state index contributed by atoms with van der Waals surface area (Å²) in [5.74, 6) is 0.722. The molecule has 0 aromatic heterocycles. The zero-order valence-electron chi connectivity index (χ0n) is 15.2. The summed E-state index contributed by atoms with van der Waals surface area (Å²) in [6, 6.07) is 12.0. The number of ether oxygens (including phenoxy) is 2. The number of hydrogen-bond acceptors (Lipinski definition) is 3. The van der Waals surface area contributed by atoms with Crippen LogP contribution in [0.25, 0.3) is 0 Å². The minimum atomic E-state index is -4.37. The quantitative estimate of drug-likeness (QED) is 0.740. The summed E-state index contributed by atoms with van der Waals surface area (Å²) >= 11 is 0. The second-order valence-electron chi connectivity index (χ2n) is 6.19. The number of carbonyl (C=O) groups excluding carboxylic acids is 1. The Kier molecular flexibility index (Phi) is 7.10. The van der Waals surface area contributed by atoms with Crippen molar-refractivity contribution in [3.63, 3.8) is 0 Å². The number of hydrogen-bond donors (Lipinski definition) is 1. The van der Waals surface area contributed by atoms with E-state index in [-0.39, 0.29) is 31.2 Å². The summed E-state index contributed by atoms with van der Waals surface area (Å²) in [6.45, 7) is 3.13. The lowest BCUT2D eigenvalue weighted by atomic mass is 10.1. The molecule has 1 amide bonds. The average Bonchev–Trinajstić information content (AvgIpc) is 2.61. The number of benzene rings is 2. The van der Waals surface area contributed by atoms with Crippen LogP contribution in [0, 0.1) is 13.8 Å². The summed E-state index contributed by atoms with van der Waals surface area (Å²) in [6.07, 6.45) is -4.16. The van der Waals surface area contributed by atoms with E-state index in [1.165, 1.54) is 12.1 Å². The topological polar surface area (TPSA) is 47.6 Å². The Morgan fingerprint density at radius 1 is 1.04 bits per heavy atom. The van der Waals surface area contributed by atoms with E-state index in [2.05, 4.69) is 10.1 Å². The zero-order valence-corrected chi connectivity index (χ0v) is 15.2. The highest BCUT2D eigenvalue weighted by molar-refractivity contribution is 5.76. The minimum Gasteiger partial charge on any atom is -0.493 e. The van der Waals surface area contributed by atoms with Crippen LogP contribution in [0.4, 0.5) is 13.2 Å². The van der Waals surface area contributed by atoms with Gasteiger partial charge in [-0.2, -0.15) is 13.2 Å². The molecular weight excluding hydrogens is 359 g/mol. The predicted molar refractivity (Wildman–Crippen MR) is 95.9 cm³/mol. The Bertz CT molecular complexity index is 758. The molecule has 0 aliphatic heterocycles. The molecule has 2 rings (SSSR count). The first-order valence-electron chi connectivity index (χ1n) is 8.48. The first kappa shape index (κ1) is 20.6. The molecule has 4 nitrogen and oxygen atoms in total. The third-order valence-electron chi connectivity index (χ3n) is 3.75. The lowest BCUT2D eigenvalue weighted by Gasteiger charge is -2.11. The third-order valence-corrected chi connectivity index (χ3v) is 3.75. The second-order valence-corrected chi connectivity index (χ2v) is 6.19. The Hall–Kier alpha value is -2.70. The van der Waals surface area contributed by atoms with Crippen molar-refractivity contribution in [2.24, 2.45) is 0 Å². The van der Waals surface area contributed by atoms with Crippen molar-refractivity contribution in [1.29, 1.82) is 0 Å². The monoisotopic (exact) mass is 381 g/mol. The van der Waals surface area contributed by atoms with Gasteiger partial charge < -0.3 is 14.8 Å². The molecule has 0 saturated carbocycles. The summed E-state index contributed by atoms with van der Waals surface area (Å²) in [5, 5.41) is 2.75. The summed E-state index contributed by atoms with van der Waals surface area (Å²) < 4.78 is 46.6. The van der Waals surface area contributed by atoms with Gasteiger partial charge in [0.25, 0.3) is 0 Å². The van der Waals surface area contributed by atoms with Crippen molar-refractivity contribution in [3.8, 4) is 11.5 Å². The molecule has 27 heavy (non-hydrogen) atoms. The molecule has 1 N–H and O–H groups in total. The molecule has 2 aromatic rings. The highest BCUT2D eigenvalue weighted by Crippen LogP contribution is 2.20.